The lowest BCUT2D eigenvalue weighted by molar-refractivity contribution is -0.144. The summed E-state index contributed by atoms with van der Waals surface area (Å²) in [4.78, 5) is 131. The smallest absolute Gasteiger partial charge is 0.326 e. The van der Waals surface area contributed by atoms with E-state index in [2.05, 4.69) is 26.6 Å². The number of unbranched alkanes of at least 4 members (excludes halogenated alkanes) is 14. The van der Waals surface area contributed by atoms with Crippen LogP contribution < -0.4 is 26.6 Å². The van der Waals surface area contributed by atoms with E-state index in [1.54, 1.807) is 6.92 Å². The molecule has 0 fully saturated rings. The number of aliphatic carboxylic acids is 4. The van der Waals surface area contributed by atoms with Gasteiger partial charge in [-0.2, -0.15) is 0 Å². The number of Topliss-reactive ketones (excluding diaryl/α,β-unsaturated/α-hetero) is 2. The minimum Gasteiger partial charge on any atom is -0.481 e. The molecule has 0 bridgehead atoms. The largest absolute Gasteiger partial charge is 0.481 e. The molecular formula is C54H93N5O19. The fraction of sp³-hybridized carbons (Fsp3) is 0.796. The van der Waals surface area contributed by atoms with Crippen molar-refractivity contribution in [3.8, 4) is 0 Å². The molecule has 0 aliphatic carbocycles. The Labute approximate surface area is 459 Å². The van der Waals surface area contributed by atoms with Crippen molar-refractivity contribution < 1.29 is 92.1 Å². The highest BCUT2D eigenvalue weighted by atomic mass is 16.5. The molecule has 0 saturated heterocycles. The molecule has 0 aliphatic heterocycles. The van der Waals surface area contributed by atoms with Crippen LogP contribution in [-0.4, -0.2) is 169 Å². The molecule has 78 heavy (non-hydrogen) atoms. The molecule has 448 valence electrons. The topological polar surface area (TPSA) is 366 Å². The number of ketones is 2. The summed E-state index contributed by atoms with van der Waals surface area (Å²) in [6.07, 6.45) is 15.3. The van der Waals surface area contributed by atoms with Gasteiger partial charge in [0.2, 0.25) is 29.5 Å². The molecule has 24 heteroatoms. The fourth-order valence-electron chi connectivity index (χ4n) is 7.75. The second-order valence-electron chi connectivity index (χ2n) is 19.5. The second-order valence-corrected chi connectivity index (χ2v) is 19.5. The summed E-state index contributed by atoms with van der Waals surface area (Å²) in [5, 5.41) is 49.9. The maximum Gasteiger partial charge on any atom is 0.326 e. The molecule has 0 saturated carbocycles. The minimum atomic E-state index is -1.56. The van der Waals surface area contributed by atoms with Crippen LogP contribution in [0, 0.1) is 5.92 Å². The van der Waals surface area contributed by atoms with Crippen molar-refractivity contribution in [2.75, 3.05) is 65.9 Å². The van der Waals surface area contributed by atoms with Gasteiger partial charge in [-0.25, -0.2) is 14.4 Å². The molecule has 0 aromatic heterocycles. The average Bonchev–Trinajstić information content (AvgIpc) is 3.38. The zero-order valence-electron chi connectivity index (χ0n) is 46.4. The monoisotopic (exact) mass is 1120 g/mol. The highest BCUT2D eigenvalue weighted by molar-refractivity contribution is 5.88. The first-order chi connectivity index (χ1) is 37.3. The minimum absolute atomic E-state index is 0.0260. The van der Waals surface area contributed by atoms with Crippen LogP contribution in [0.25, 0.3) is 0 Å². The van der Waals surface area contributed by atoms with E-state index in [1.807, 2.05) is 6.92 Å². The molecular weight excluding hydrogens is 1020 g/mol. The van der Waals surface area contributed by atoms with Gasteiger partial charge in [-0.15, -0.1) is 0 Å². The molecule has 9 N–H and O–H groups in total. The number of nitrogens with one attached hydrogen (secondary N) is 5. The Morgan fingerprint density at radius 2 is 0.744 bits per heavy atom. The van der Waals surface area contributed by atoms with E-state index in [0.717, 1.165) is 77.0 Å². The number of carboxylic acids is 4. The lowest BCUT2D eigenvalue weighted by Gasteiger charge is -2.18. The lowest BCUT2D eigenvalue weighted by Crippen LogP contribution is -2.45. The summed E-state index contributed by atoms with van der Waals surface area (Å²) in [5.41, 5.74) is 0. The molecule has 4 atom stereocenters. The number of ether oxygens (including phenoxy) is 4. The van der Waals surface area contributed by atoms with Crippen LogP contribution in [0.3, 0.4) is 0 Å². The maximum atomic E-state index is 12.6. The second kappa shape index (κ2) is 48.5. The number of amides is 5. The number of carboxylic acid groups (broad SMARTS) is 4. The van der Waals surface area contributed by atoms with Crippen LogP contribution in [0.5, 0.6) is 0 Å². The first kappa shape index (κ1) is 72.4. The SMILES string of the molecule is CC(=O)[C@@H](C)CCCCNC(=O)COCCOCCNC(=O)COCCOCCCC(=O)CC[C@H](NC(=O)CC[C@H](NC(=O)CC[C@H](NC(=O)CCCCCCCCCCCCCCCCC(=O)O)C(=O)O)C(=O)O)C(=O)O. The third kappa shape index (κ3) is 45.4. The number of hydrogen-bond acceptors (Lipinski definition) is 15. The van der Waals surface area contributed by atoms with Crippen LogP contribution >= 0.6 is 0 Å². The van der Waals surface area contributed by atoms with Gasteiger partial charge < -0.3 is 66.0 Å². The summed E-state index contributed by atoms with van der Waals surface area (Å²) in [5.74, 6) is -7.80. The van der Waals surface area contributed by atoms with Crippen LogP contribution in [0.1, 0.15) is 187 Å². The molecule has 0 aromatic carbocycles. The highest BCUT2D eigenvalue weighted by Crippen LogP contribution is 2.15. The molecule has 0 heterocycles. The van der Waals surface area contributed by atoms with E-state index in [4.69, 9.17) is 24.1 Å². The summed E-state index contributed by atoms with van der Waals surface area (Å²) < 4.78 is 21.3. The van der Waals surface area contributed by atoms with Crippen molar-refractivity contribution in [2.45, 2.75) is 205 Å². The normalized spacial score (nSPS) is 12.6. The van der Waals surface area contributed by atoms with Gasteiger partial charge in [0.1, 0.15) is 42.9 Å². The summed E-state index contributed by atoms with van der Waals surface area (Å²) in [6.45, 7) is 5.04. The van der Waals surface area contributed by atoms with Gasteiger partial charge in [-0.1, -0.05) is 90.4 Å². The predicted molar refractivity (Wildman–Crippen MR) is 285 cm³/mol. The van der Waals surface area contributed by atoms with Crippen molar-refractivity contribution in [1.82, 2.24) is 26.6 Å². The number of carbonyl (C=O) groups is 11. The van der Waals surface area contributed by atoms with E-state index >= 15 is 0 Å². The van der Waals surface area contributed by atoms with Crippen LogP contribution in [-0.2, 0) is 71.7 Å². The Morgan fingerprint density at radius 1 is 0.359 bits per heavy atom. The fourth-order valence-corrected chi connectivity index (χ4v) is 7.75. The molecule has 0 spiro atoms. The lowest BCUT2D eigenvalue weighted by atomic mass is 10.0. The van der Waals surface area contributed by atoms with Crippen molar-refractivity contribution in [2.24, 2.45) is 5.92 Å². The van der Waals surface area contributed by atoms with Gasteiger partial charge in [0.15, 0.2) is 0 Å². The van der Waals surface area contributed by atoms with Crippen LogP contribution in [0.4, 0.5) is 0 Å². The van der Waals surface area contributed by atoms with E-state index < -0.39 is 79.0 Å². The van der Waals surface area contributed by atoms with E-state index in [0.29, 0.717) is 19.4 Å². The van der Waals surface area contributed by atoms with Crippen molar-refractivity contribution in [1.29, 1.82) is 0 Å². The Morgan fingerprint density at radius 3 is 1.18 bits per heavy atom. The average molecular weight is 1120 g/mol. The van der Waals surface area contributed by atoms with Crippen LogP contribution in [0.2, 0.25) is 0 Å². The van der Waals surface area contributed by atoms with Crippen molar-refractivity contribution >= 4 is 65.0 Å². The zero-order chi connectivity index (χ0) is 58.2. The standard InChI is InChI=1S/C54H93N5O19/c1-40(41(2)60)20-17-18-30-55-49(65)38-78-37-35-76-33-31-56-50(66)39-77-36-34-75-32-19-21-42(61)24-25-43(52(69)70)58-47(63)29-27-45(54(73)74)59-48(64)28-26-44(53(71)72)57-46(62)22-15-13-11-9-7-5-3-4-6-8-10-12-14-16-23-51(67)68/h40,43-45H,3-39H2,1-2H3,(H,55,65)(H,56,66)(H,57,62)(H,58,63)(H,59,64)(H,67,68)(H,69,70)(H,71,72)(H,73,74)/t40-,43-,44-,45-/m0/s1. The Balaban J connectivity index is 4.15. The van der Waals surface area contributed by atoms with Gasteiger partial charge in [0.25, 0.3) is 0 Å². The van der Waals surface area contributed by atoms with E-state index in [1.165, 1.54) is 25.7 Å². The zero-order valence-corrected chi connectivity index (χ0v) is 46.4. The molecule has 0 aliphatic rings. The van der Waals surface area contributed by atoms with Gasteiger partial charge in [0.05, 0.1) is 33.0 Å². The van der Waals surface area contributed by atoms with Crippen molar-refractivity contribution in [3.05, 3.63) is 0 Å². The van der Waals surface area contributed by atoms with Crippen molar-refractivity contribution in [3.63, 3.8) is 0 Å². The van der Waals surface area contributed by atoms with Crippen LogP contribution in [0.15, 0.2) is 0 Å². The van der Waals surface area contributed by atoms with Gasteiger partial charge >= 0.3 is 23.9 Å². The maximum absolute atomic E-state index is 12.6. The predicted octanol–water partition coefficient (Wildman–Crippen LogP) is 4.40. The molecule has 0 aromatic rings. The number of rotatable bonds is 55. The van der Waals surface area contributed by atoms with Gasteiger partial charge in [0, 0.05) is 64.1 Å². The van der Waals surface area contributed by atoms with E-state index in [-0.39, 0.29) is 127 Å². The van der Waals surface area contributed by atoms with Gasteiger partial charge in [-0.05, 0) is 58.3 Å². The highest BCUT2D eigenvalue weighted by Gasteiger charge is 2.26. The Hall–Kier alpha value is -5.59. The number of carbonyl (C=O) groups excluding carboxylic acids is 7. The third-order valence-corrected chi connectivity index (χ3v) is 12.6. The molecule has 0 unspecified atom stereocenters. The first-order valence-electron chi connectivity index (χ1n) is 28.0. The third-order valence-electron chi connectivity index (χ3n) is 12.6. The first-order valence-corrected chi connectivity index (χ1v) is 28.0. The molecule has 5 amide bonds. The summed E-state index contributed by atoms with van der Waals surface area (Å²) >= 11 is 0. The summed E-state index contributed by atoms with van der Waals surface area (Å²) in [7, 11) is 0. The number of hydrogen-bond donors (Lipinski definition) is 9. The van der Waals surface area contributed by atoms with Gasteiger partial charge in [-0.3, -0.25) is 38.4 Å². The summed E-state index contributed by atoms with van der Waals surface area (Å²) in [6, 6.07) is -4.38. The van der Waals surface area contributed by atoms with E-state index in [9.17, 15) is 68.1 Å². The Kier molecular flexibility index (Phi) is 45.1. The quantitative estimate of drug-likeness (QED) is 0.0381. The molecule has 24 nitrogen and oxygen atoms in total. The molecule has 0 rings (SSSR count). The molecule has 0 radical (unpaired) electrons. The Bertz CT molecular complexity index is 1770.